The molecule has 1 atom stereocenters. The molecular formula is C24H33N3O3+2. The number of ether oxygens (including phenoxy) is 2. The molecule has 1 saturated heterocycles. The van der Waals surface area contributed by atoms with E-state index in [0.29, 0.717) is 6.61 Å². The maximum absolute atomic E-state index is 13.1. The Morgan fingerprint density at radius 3 is 2.47 bits per heavy atom. The molecule has 0 saturated carbocycles. The van der Waals surface area contributed by atoms with Gasteiger partial charge in [0, 0.05) is 12.2 Å². The molecule has 30 heavy (non-hydrogen) atoms. The van der Waals surface area contributed by atoms with Crippen molar-refractivity contribution in [1.29, 1.82) is 0 Å². The first-order valence-corrected chi connectivity index (χ1v) is 11.0. The smallest absolute Gasteiger partial charge is 0.284 e. The van der Waals surface area contributed by atoms with Crippen molar-refractivity contribution >= 4 is 11.6 Å². The van der Waals surface area contributed by atoms with Crippen LogP contribution in [-0.4, -0.2) is 64.9 Å². The number of para-hydroxylation sites is 1. The predicted octanol–water partition coefficient (Wildman–Crippen LogP) is -0.165. The van der Waals surface area contributed by atoms with Crippen molar-refractivity contribution in [2.75, 3.05) is 57.9 Å². The average Bonchev–Trinajstić information content (AvgIpc) is 3.23. The number of anilines is 1. The number of carbonyl (C=O) groups excluding carboxylic acids is 1. The Bertz CT molecular complexity index is 847. The molecule has 1 fully saturated rings. The molecule has 0 spiro atoms. The monoisotopic (exact) mass is 411 g/mol. The quantitative estimate of drug-likeness (QED) is 0.666. The molecule has 160 valence electrons. The van der Waals surface area contributed by atoms with Gasteiger partial charge in [0.2, 0.25) is 0 Å². The first kappa shape index (κ1) is 20.7. The molecule has 2 aliphatic rings. The number of quaternary nitrogens is 2. The maximum atomic E-state index is 13.1. The first-order chi connectivity index (χ1) is 14.7. The van der Waals surface area contributed by atoms with E-state index in [9.17, 15) is 4.79 Å². The van der Waals surface area contributed by atoms with Gasteiger partial charge in [0.05, 0.1) is 7.11 Å². The molecular weight excluding hydrogens is 378 g/mol. The number of methoxy groups -OCH3 is 1. The fraction of sp³-hybridized carbons (Fsp3) is 0.458. The van der Waals surface area contributed by atoms with E-state index >= 15 is 0 Å². The molecule has 0 aromatic heterocycles. The third kappa shape index (κ3) is 4.60. The van der Waals surface area contributed by atoms with Gasteiger partial charge in [-0.1, -0.05) is 18.2 Å². The highest BCUT2D eigenvalue weighted by molar-refractivity contribution is 5.97. The Labute approximate surface area is 179 Å². The highest BCUT2D eigenvalue weighted by Gasteiger charge is 2.35. The van der Waals surface area contributed by atoms with Crippen molar-refractivity contribution in [3.8, 4) is 11.5 Å². The van der Waals surface area contributed by atoms with Crippen LogP contribution in [0, 0.1) is 0 Å². The minimum Gasteiger partial charge on any atom is -0.497 e. The van der Waals surface area contributed by atoms with Gasteiger partial charge in [0.25, 0.3) is 5.91 Å². The van der Waals surface area contributed by atoms with Gasteiger partial charge < -0.3 is 24.2 Å². The lowest BCUT2D eigenvalue weighted by atomic mass is 10.1. The number of amides is 1. The summed E-state index contributed by atoms with van der Waals surface area (Å²) >= 11 is 0. The molecule has 2 heterocycles. The lowest BCUT2D eigenvalue weighted by Crippen LogP contribution is -3.30. The second-order valence-electron chi connectivity index (χ2n) is 8.27. The number of hydrogen-bond acceptors (Lipinski definition) is 3. The van der Waals surface area contributed by atoms with Crippen molar-refractivity contribution in [3.05, 3.63) is 54.1 Å². The second kappa shape index (κ2) is 9.49. The van der Waals surface area contributed by atoms with Gasteiger partial charge in [-0.05, 0) is 49.2 Å². The molecule has 0 bridgehead atoms. The van der Waals surface area contributed by atoms with E-state index in [1.54, 1.807) is 12.0 Å². The van der Waals surface area contributed by atoms with Gasteiger partial charge in [-0.25, -0.2) is 0 Å². The Morgan fingerprint density at radius 1 is 1.03 bits per heavy atom. The van der Waals surface area contributed by atoms with E-state index in [-0.39, 0.29) is 11.9 Å². The number of rotatable bonds is 7. The minimum atomic E-state index is 0.00764. The van der Waals surface area contributed by atoms with Crippen LogP contribution >= 0.6 is 0 Å². The summed E-state index contributed by atoms with van der Waals surface area (Å²) in [6.07, 6.45) is 0.968. The molecule has 2 aromatic rings. The fourth-order valence-electron chi connectivity index (χ4n) is 4.57. The Kier molecular flexibility index (Phi) is 6.55. The highest BCUT2D eigenvalue weighted by atomic mass is 16.5. The molecule has 1 amide bonds. The average molecular weight is 412 g/mol. The molecule has 6 nitrogen and oxygen atoms in total. The number of benzene rings is 2. The van der Waals surface area contributed by atoms with Gasteiger partial charge in [0.1, 0.15) is 50.8 Å². The molecule has 0 radical (unpaired) electrons. The number of nitrogens with one attached hydrogen (secondary N) is 2. The van der Waals surface area contributed by atoms with E-state index < -0.39 is 0 Å². The number of nitrogens with zero attached hydrogens (tertiary/aromatic N) is 1. The van der Waals surface area contributed by atoms with Crippen LogP contribution in [0.15, 0.2) is 48.5 Å². The molecule has 6 heteroatoms. The van der Waals surface area contributed by atoms with Crippen molar-refractivity contribution < 1.29 is 24.1 Å². The Balaban J connectivity index is 1.21. The van der Waals surface area contributed by atoms with Crippen LogP contribution in [0.5, 0.6) is 11.5 Å². The van der Waals surface area contributed by atoms with Gasteiger partial charge in [-0.15, -0.1) is 0 Å². The third-order valence-electron chi connectivity index (χ3n) is 6.52. The third-order valence-corrected chi connectivity index (χ3v) is 6.52. The van der Waals surface area contributed by atoms with Crippen LogP contribution in [0.3, 0.4) is 0 Å². The molecule has 4 rings (SSSR count). The number of fused-ring (bicyclic) bond motifs is 1. The standard InChI is InChI=1S/C24H31N3O3/c1-19(24(28)27-12-11-20-5-3-4-6-23(20)27)26-15-13-25(14-16-26)17-18-30-22-9-7-21(29-2)8-10-22/h3-10,19H,11-18H2,1-2H3/p+2/t19-/m1/s1. The summed E-state index contributed by atoms with van der Waals surface area (Å²) < 4.78 is 11.1. The minimum absolute atomic E-state index is 0.00764. The van der Waals surface area contributed by atoms with Crippen molar-refractivity contribution in [2.45, 2.75) is 19.4 Å². The maximum Gasteiger partial charge on any atom is 0.284 e. The van der Waals surface area contributed by atoms with Gasteiger partial charge in [-0.2, -0.15) is 0 Å². The largest absolute Gasteiger partial charge is 0.497 e. The SMILES string of the molecule is COc1ccc(OCC[NH+]2CC[NH+]([C@H](C)C(=O)N3CCc4ccccc43)CC2)cc1. The fourth-order valence-corrected chi connectivity index (χ4v) is 4.57. The second-order valence-corrected chi connectivity index (χ2v) is 8.27. The highest BCUT2D eigenvalue weighted by Crippen LogP contribution is 2.27. The van der Waals surface area contributed by atoms with Crippen molar-refractivity contribution in [2.24, 2.45) is 0 Å². The van der Waals surface area contributed by atoms with E-state index in [4.69, 9.17) is 9.47 Å². The van der Waals surface area contributed by atoms with Crippen LogP contribution < -0.4 is 24.2 Å². The van der Waals surface area contributed by atoms with Crippen molar-refractivity contribution in [1.82, 2.24) is 0 Å². The summed E-state index contributed by atoms with van der Waals surface area (Å²) in [6, 6.07) is 16.0. The van der Waals surface area contributed by atoms with Crippen LogP contribution in [0.2, 0.25) is 0 Å². The summed E-state index contributed by atoms with van der Waals surface area (Å²) in [5.41, 5.74) is 2.40. The van der Waals surface area contributed by atoms with Gasteiger partial charge >= 0.3 is 0 Å². The summed E-state index contributed by atoms with van der Waals surface area (Å²) in [7, 11) is 1.67. The zero-order valence-corrected chi connectivity index (χ0v) is 18.0. The molecule has 2 aromatic carbocycles. The zero-order chi connectivity index (χ0) is 20.9. The zero-order valence-electron chi connectivity index (χ0n) is 18.0. The lowest BCUT2D eigenvalue weighted by molar-refractivity contribution is -1.02. The number of carbonyl (C=O) groups is 1. The van der Waals surface area contributed by atoms with Crippen LogP contribution in [-0.2, 0) is 11.2 Å². The summed E-state index contributed by atoms with van der Waals surface area (Å²) in [5.74, 6) is 1.99. The van der Waals surface area contributed by atoms with E-state index in [0.717, 1.165) is 62.9 Å². The van der Waals surface area contributed by atoms with Gasteiger partial charge in [0.15, 0.2) is 6.04 Å². The summed E-state index contributed by atoms with van der Waals surface area (Å²) in [4.78, 5) is 18.1. The Morgan fingerprint density at radius 2 is 1.73 bits per heavy atom. The molecule has 2 N–H and O–H groups in total. The summed E-state index contributed by atoms with van der Waals surface area (Å²) in [6.45, 7) is 8.81. The van der Waals surface area contributed by atoms with Crippen molar-refractivity contribution in [3.63, 3.8) is 0 Å². The van der Waals surface area contributed by atoms with Gasteiger partial charge in [-0.3, -0.25) is 4.79 Å². The van der Waals surface area contributed by atoms with E-state index in [2.05, 4.69) is 25.1 Å². The van der Waals surface area contributed by atoms with Crippen LogP contribution in [0.4, 0.5) is 5.69 Å². The first-order valence-electron chi connectivity index (χ1n) is 11.0. The van der Waals surface area contributed by atoms with Crippen LogP contribution in [0.25, 0.3) is 0 Å². The Hall–Kier alpha value is -2.57. The normalized spacial score (nSPS) is 21.7. The lowest BCUT2D eigenvalue weighted by Gasteiger charge is -2.34. The molecule has 0 aliphatic carbocycles. The molecule has 0 unspecified atom stereocenters. The van der Waals surface area contributed by atoms with E-state index in [1.165, 1.54) is 10.5 Å². The molecule has 2 aliphatic heterocycles. The van der Waals surface area contributed by atoms with Crippen LogP contribution in [0.1, 0.15) is 12.5 Å². The summed E-state index contributed by atoms with van der Waals surface area (Å²) in [5, 5.41) is 0. The number of hydrogen-bond donors (Lipinski definition) is 2. The van der Waals surface area contributed by atoms with E-state index in [1.807, 2.05) is 35.2 Å². The number of piperazine rings is 1. The predicted molar refractivity (Wildman–Crippen MR) is 117 cm³/mol. The topological polar surface area (TPSA) is 47.7 Å².